The second kappa shape index (κ2) is 7.11. The van der Waals surface area contributed by atoms with Crippen LogP contribution in [-0.2, 0) is 6.54 Å². The molecular weight excluding hydrogens is 328 g/mol. The molecule has 0 saturated heterocycles. The molecule has 1 aliphatic heterocycles. The third kappa shape index (κ3) is 3.37. The highest BCUT2D eigenvalue weighted by atomic mass is 16.1. The molecule has 0 amide bonds. The molecule has 3 heterocycles. The van der Waals surface area contributed by atoms with Gasteiger partial charge in [-0.25, -0.2) is 9.98 Å². The van der Waals surface area contributed by atoms with Gasteiger partial charge in [0.05, 0.1) is 12.2 Å². The zero-order chi connectivity index (χ0) is 17.9. The first-order valence-corrected chi connectivity index (χ1v) is 8.94. The van der Waals surface area contributed by atoms with Crippen LogP contribution in [0.1, 0.15) is 36.8 Å². The molecule has 2 atom stereocenters. The highest BCUT2D eigenvalue weighted by Crippen LogP contribution is 2.30. The Morgan fingerprint density at radius 2 is 2.27 bits per heavy atom. The van der Waals surface area contributed by atoms with Crippen LogP contribution in [-0.4, -0.2) is 20.5 Å². The van der Waals surface area contributed by atoms with E-state index >= 15 is 0 Å². The number of hydrogen-bond acceptors (Lipinski definition) is 4. The van der Waals surface area contributed by atoms with Crippen molar-refractivity contribution in [2.45, 2.75) is 38.9 Å². The number of pyridine rings is 1. The molecule has 2 aromatic rings. The summed E-state index contributed by atoms with van der Waals surface area (Å²) < 4.78 is 1.72. The molecule has 2 unspecified atom stereocenters. The SMILES string of the molecule is Cc1cc(=O)n2c(n1)NC(=NCc1ccccn1)NC2C1CC=CCC1. The molecule has 7 nitrogen and oxygen atoms in total. The summed E-state index contributed by atoms with van der Waals surface area (Å²) in [7, 11) is 0. The van der Waals surface area contributed by atoms with Gasteiger partial charge in [-0.3, -0.25) is 19.7 Å². The first-order chi connectivity index (χ1) is 12.7. The molecule has 0 saturated carbocycles. The summed E-state index contributed by atoms with van der Waals surface area (Å²) in [5.74, 6) is 1.50. The van der Waals surface area contributed by atoms with Crippen LogP contribution in [0.3, 0.4) is 0 Å². The lowest BCUT2D eigenvalue weighted by molar-refractivity contribution is 0.276. The number of allylic oxidation sites excluding steroid dienone is 2. The van der Waals surface area contributed by atoms with E-state index in [-0.39, 0.29) is 11.7 Å². The molecule has 0 bridgehead atoms. The number of fused-ring (bicyclic) bond motifs is 1. The van der Waals surface area contributed by atoms with E-state index in [2.05, 4.69) is 37.7 Å². The van der Waals surface area contributed by atoms with Crippen LogP contribution in [0.2, 0.25) is 0 Å². The summed E-state index contributed by atoms with van der Waals surface area (Å²) in [4.78, 5) is 26.0. The Labute approximate surface area is 151 Å². The van der Waals surface area contributed by atoms with Crippen LogP contribution < -0.4 is 16.2 Å². The number of guanidine groups is 1. The van der Waals surface area contributed by atoms with Crippen molar-refractivity contribution in [3.05, 3.63) is 64.4 Å². The number of nitrogens with one attached hydrogen (secondary N) is 2. The molecule has 2 aromatic heterocycles. The topological polar surface area (TPSA) is 84.2 Å². The first-order valence-electron chi connectivity index (χ1n) is 8.94. The van der Waals surface area contributed by atoms with Gasteiger partial charge in [-0.2, -0.15) is 0 Å². The van der Waals surface area contributed by atoms with Crippen molar-refractivity contribution < 1.29 is 0 Å². The molecule has 0 aromatic carbocycles. The van der Waals surface area contributed by atoms with Crippen LogP contribution in [0.4, 0.5) is 5.95 Å². The molecule has 2 N–H and O–H groups in total. The predicted octanol–water partition coefficient (Wildman–Crippen LogP) is 2.37. The minimum Gasteiger partial charge on any atom is -0.335 e. The molecule has 4 rings (SSSR count). The van der Waals surface area contributed by atoms with Gasteiger partial charge in [0, 0.05) is 23.9 Å². The van der Waals surface area contributed by atoms with Gasteiger partial charge in [0.2, 0.25) is 5.95 Å². The lowest BCUT2D eigenvalue weighted by atomic mass is 9.91. The van der Waals surface area contributed by atoms with E-state index in [1.807, 2.05) is 25.1 Å². The zero-order valence-electron chi connectivity index (χ0n) is 14.7. The van der Waals surface area contributed by atoms with Gasteiger partial charge < -0.3 is 5.32 Å². The summed E-state index contributed by atoms with van der Waals surface area (Å²) in [6.45, 7) is 2.29. The van der Waals surface area contributed by atoms with Crippen LogP contribution in [0, 0.1) is 12.8 Å². The second-order valence-corrected chi connectivity index (χ2v) is 6.67. The van der Waals surface area contributed by atoms with Crippen LogP contribution in [0.15, 0.2) is 52.4 Å². The van der Waals surface area contributed by atoms with Crippen molar-refractivity contribution in [2.75, 3.05) is 5.32 Å². The van der Waals surface area contributed by atoms with Gasteiger partial charge in [-0.05, 0) is 38.3 Å². The standard InChI is InChI=1S/C19H22N6O/c1-13-11-16(26)25-17(14-7-3-2-4-8-14)23-18(24-19(25)22-13)21-12-15-9-5-6-10-20-15/h2-3,5-6,9-11,14,17H,4,7-8,12H2,1H3,(H2,21,22,23,24). The summed E-state index contributed by atoms with van der Waals surface area (Å²) in [6.07, 6.45) is 8.99. The Hall–Kier alpha value is -2.96. The normalized spacial score (nSPS) is 23.2. The highest BCUT2D eigenvalue weighted by molar-refractivity contribution is 5.93. The van der Waals surface area contributed by atoms with E-state index in [1.54, 1.807) is 16.8 Å². The molecule has 1 aliphatic carbocycles. The van der Waals surface area contributed by atoms with E-state index in [0.717, 1.165) is 25.0 Å². The Morgan fingerprint density at radius 1 is 1.35 bits per heavy atom. The van der Waals surface area contributed by atoms with Gasteiger partial charge in [-0.1, -0.05) is 18.2 Å². The third-order valence-corrected chi connectivity index (χ3v) is 4.75. The third-order valence-electron chi connectivity index (χ3n) is 4.75. The van der Waals surface area contributed by atoms with Gasteiger partial charge in [0.25, 0.3) is 5.56 Å². The van der Waals surface area contributed by atoms with Crippen molar-refractivity contribution in [1.29, 1.82) is 0 Å². The fraction of sp³-hybridized carbons (Fsp3) is 0.368. The van der Waals surface area contributed by atoms with Crippen LogP contribution >= 0.6 is 0 Å². The molecule has 0 radical (unpaired) electrons. The average Bonchev–Trinajstić information content (AvgIpc) is 2.67. The number of aromatic nitrogens is 3. The molecule has 0 fully saturated rings. The van der Waals surface area contributed by atoms with E-state index in [1.165, 1.54) is 0 Å². The number of anilines is 1. The van der Waals surface area contributed by atoms with Crippen LogP contribution in [0.25, 0.3) is 0 Å². The zero-order valence-corrected chi connectivity index (χ0v) is 14.7. The van der Waals surface area contributed by atoms with Gasteiger partial charge in [-0.15, -0.1) is 0 Å². The monoisotopic (exact) mass is 350 g/mol. The highest BCUT2D eigenvalue weighted by Gasteiger charge is 2.31. The minimum absolute atomic E-state index is 0.0455. The quantitative estimate of drug-likeness (QED) is 0.830. The number of rotatable bonds is 3. The largest absolute Gasteiger partial charge is 0.335 e. The summed E-state index contributed by atoms with van der Waals surface area (Å²) in [5.41, 5.74) is 1.54. The molecule has 7 heteroatoms. The van der Waals surface area contributed by atoms with Crippen molar-refractivity contribution in [3.63, 3.8) is 0 Å². The second-order valence-electron chi connectivity index (χ2n) is 6.67. The number of aryl methyl sites for hydroxylation is 1. The Bertz CT molecular complexity index is 902. The number of hydrogen-bond donors (Lipinski definition) is 2. The Kier molecular flexibility index (Phi) is 4.51. The average molecular weight is 350 g/mol. The van der Waals surface area contributed by atoms with E-state index in [4.69, 9.17) is 0 Å². The fourth-order valence-electron chi connectivity index (χ4n) is 3.48. The lowest BCUT2D eigenvalue weighted by Crippen LogP contribution is -2.50. The van der Waals surface area contributed by atoms with Crippen LogP contribution in [0.5, 0.6) is 0 Å². The van der Waals surface area contributed by atoms with E-state index in [0.29, 0.717) is 30.1 Å². The molecule has 2 aliphatic rings. The fourth-order valence-corrected chi connectivity index (χ4v) is 3.48. The smallest absolute Gasteiger partial charge is 0.256 e. The summed E-state index contributed by atoms with van der Waals surface area (Å²) in [6, 6.07) is 7.35. The van der Waals surface area contributed by atoms with Gasteiger partial charge in [0.15, 0.2) is 5.96 Å². The lowest BCUT2D eigenvalue weighted by Gasteiger charge is -2.36. The molecule has 26 heavy (non-hydrogen) atoms. The maximum absolute atomic E-state index is 12.6. The van der Waals surface area contributed by atoms with Crippen molar-refractivity contribution in [3.8, 4) is 0 Å². The minimum atomic E-state index is -0.153. The summed E-state index contributed by atoms with van der Waals surface area (Å²) in [5, 5.41) is 6.57. The van der Waals surface area contributed by atoms with Gasteiger partial charge in [0.1, 0.15) is 6.17 Å². The maximum Gasteiger partial charge on any atom is 0.256 e. The summed E-state index contributed by atoms with van der Waals surface area (Å²) >= 11 is 0. The Balaban J connectivity index is 1.67. The van der Waals surface area contributed by atoms with E-state index in [9.17, 15) is 4.79 Å². The van der Waals surface area contributed by atoms with Gasteiger partial charge >= 0.3 is 0 Å². The van der Waals surface area contributed by atoms with Crippen molar-refractivity contribution in [2.24, 2.45) is 10.9 Å². The van der Waals surface area contributed by atoms with Crippen molar-refractivity contribution >= 4 is 11.9 Å². The molecule has 134 valence electrons. The van der Waals surface area contributed by atoms with E-state index < -0.39 is 0 Å². The number of aliphatic imine (C=N–C) groups is 1. The maximum atomic E-state index is 12.6. The Morgan fingerprint density at radius 3 is 3.04 bits per heavy atom. The first kappa shape index (κ1) is 16.5. The molecule has 0 spiro atoms. The molecular formula is C19H22N6O. The van der Waals surface area contributed by atoms with Crippen molar-refractivity contribution in [1.82, 2.24) is 19.9 Å². The predicted molar refractivity (Wildman–Crippen MR) is 101 cm³/mol. The number of nitrogens with zero attached hydrogens (tertiary/aromatic N) is 4.